The molecule has 3 heterocycles. The Hall–Kier alpha value is -2.22. The van der Waals surface area contributed by atoms with Gasteiger partial charge < -0.3 is 19.3 Å². The normalized spacial score (nSPS) is 23.3. The maximum absolute atomic E-state index is 12.5. The number of fused-ring (bicyclic) bond motifs is 1. The van der Waals surface area contributed by atoms with E-state index in [9.17, 15) is 9.59 Å². The number of aromatic nitrogens is 2. The minimum absolute atomic E-state index is 0.109. The summed E-state index contributed by atoms with van der Waals surface area (Å²) in [5.74, 6) is 0.574. The highest BCUT2D eigenvalue weighted by Crippen LogP contribution is 2.32. The predicted molar refractivity (Wildman–Crippen MR) is 79.9 cm³/mol. The van der Waals surface area contributed by atoms with E-state index < -0.39 is 0 Å². The van der Waals surface area contributed by atoms with Crippen molar-refractivity contribution < 1.29 is 19.1 Å². The average Bonchev–Trinajstić information content (AvgIpc) is 3.12. The highest BCUT2D eigenvalue weighted by atomic mass is 16.5. The van der Waals surface area contributed by atoms with Crippen LogP contribution in [0.4, 0.5) is 0 Å². The molecule has 1 aromatic rings. The lowest BCUT2D eigenvalue weighted by Gasteiger charge is -2.21. The minimum Gasteiger partial charge on any atom is -0.494 e. The molecule has 1 aromatic heterocycles. The van der Waals surface area contributed by atoms with E-state index in [1.165, 1.54) is 19.5 Å². The first-order chi connectivity index (χ1) is 11.1. The lowest BCUT2D eigenvalue weighted by molar-refractivity contribution is -0.131. The number of carbonyl (C=O) groups excluding carboxylic acids is 2. The Labute approximate surface area is 134 Å². The number of nitrogens with zero attached hydrogens (tertiary/aromatic N) is 4. The Morgan fingerprint density at radius 2 is 2.00 bits per heavy atom. The van der Waals surface area contributed by atoms with Crippen molar-refractivity contribution in [3.63, 3.8) is 0 Å². The molecule has 0 aromatic carbocycles. The molecule has 0 bridgehead atoms. The van der Waals surface area contributed by atoms with E-state index in [0.29, 0.717) is 38.5 Å². The molecule has 23 heavy (non-hydrogen) atoms. The molecule has 2 saturated heterocycles. The number of hydrogen-bond acceptors (Lipinski definition) is 6. The van der Waals surface area contributed by atoms with Gasteiger partial charge in [-0.1, -0.05) is 0 Å². The van der Waals surface area contributed by atoms with Gasteiger partial charge in [-0.25, -0.2) is 9.97 Å². The first-order valence-electron chi connectivity index (χ1n) is 7.57. The van der Waals surface area contributed by atoms with Gasteiger partial charge in [-0.2, -0.15) is 0 Å². The minimum atomic E-state index is -0.238. The summed E-state index contributed by atoms with van der Waals surface area (Å²) in [6.45, 7) is 2.82. The molecule has 124 valence electrons. The first-order valence-corrected chi connectivity index (χ1v) is 7.57. The van der Waals surface area contributed by atoms with Crippen molar-refractivity contribution in [2.24, 2.45) is 11.8 Å². The van der Waals surface area contributed by atoms with E-state index in [1.807, 2.05) is 4.90 Å². The van der Waals surface area contributed by atoms with Crippen LogP contribution in [0.15, 0.2) is 12.4 Å². The fraction of sp³-hybridized carbons (Fsp3) is 0.600. The zero-order chi connectivity index (χ0) is 16.4. The molecule has 2 aliphatic heterocycles. The maximum atomic E-state index is 12.5. The summed E-state index contributed by atoms with van der Waals surface area (Å²) >= 11 is 0. The van der Waals surface area contributed by atoms with Crippen molar-refractivity contribution in [3.05, 3.63) is 18.2 Å². The molecule has 0 radical (unpaired) electrons. The van der Waals surface area contributed by atoms with Gasteiger partial charge in [0.05, 0.1) is 32.0 Å². The molecular weight excluding hydrogens is 300 g/mol. The summed E-state index contributed by atoms with van der Waals surface area (Å²) in [5, 5.41) is 0. The van der Waals surface area contributed by atoms with E-state index >= 15 is 0 Å². The van der Waals surface area contributed by atoms with Crippen molar-refractivity contribution in [3.8, 4) is 5.75 Å². The van der Waals surface area contributed by atoms with Crippen LogP contribution in [-0.2, 0) is 9.53 Å². The molecular formula is C15H20N4O4. The van der Waals surface area contributed by atoms with Crippen LogP contribution < -0.4 is 4.74 Å². The summed E-state index contributed by atoms with van der Waals surface area (Å²) in [7, 11) is 3.14. The van der Waals surface area contributed by atoms with E-state index in [2.05, 4.69) is 9.97 Å². The number of methoxy groups -OCH3 is 2. The summed E-state index contributed by atoms with van der Waals surface area (Å²) in [4.78, 5) is 36.4. The Morgan fingerprint density at radius 1 is 1.26 bits per heavy atom. The number of carbonyl (C=O) groups is 2. The van der Waals surface area contributed by atoms with Gasteiger partial charge in [0.1, 0.15) is 0 Å². The van der Waals surface area contributed by atoms with Crippen molar-refractivity contribution in [2.45, 2.75) is 0 Å². The Kier molecular flexibility index (Phi) is 4.42. The second-order valence-electron chi connectivity index (χ2n) is 5.80. The molecule has 0 spiro atoms. The number of hydrogen-bond donors (Lipinski definition) is 0. The Bertz CT molecular complexity index is 592. The molecule has 2 amide bonds. The zero-order valence-electron chi connectivity index (χ0n) is 13.3. The molecule has 0 N–H and O–H groups in total. The lowest BCUT2D eigenvalue weighted by atomic mass is 10.0. The predicted octanol–water partition coefficient (Wildman–Crippen LogP) is -0.338. The van der Waals surface area contributed by atoms with Crippen LogP contribution in [0.3, 0.4) is 0 Å². The van der Waals surface area contributed by atoms with Crippen LogP contribution in [0.2, 0.25) is 0 Å². The molecule has 0 saturated carbocycles. The fourth-order valence-corrected chi connectivity index (χ4v) is 3.19. The van der Waals surface area contributed by atoms with Crippen molar-refractivity contribution in [1.82, 2.24) is 19.8 Å². The van der Waals surface area contributed by atoms with Gasteiger partial charge in [0, 0.05) is 39.2 Å². The van der Waals surface area contributed by atoms with Crippen LogP contribution in [-0.4, -0.2) is 78.6 Å². The van der Waals surface area contributed by atoms with E-state index in [1.54, 1.807) is 12.0 Å². The second kappa shape index (κ2) is 6.49. The average molecular weight is 320 g/mol. The van der Waals surface area contributed by atoms with Gasteiger partial charge in [0.25, 0.3) is 5.91 Å². The first kappa shape index (κ1) is 15.7. The number of rotatable bonds is 5. The van der Waals surface area contributed by atoms with Crippen LogP contribution in [0.1, 0.15) is 10.6 Å². The highest BCUT2D eigenvalue weighted by Gasteiger charge is 2.47. The SMILES string of the molecule is COCCN1C[C@@H]2CN(C(=O)c3ncc(OC)cn3)C[C@@H]2C1=O. The van der Waals surface area contributed by atoms with Crippen LogP contribution >= 0.6 is 0 Å². The van der Waals surface area contributed by atoms with Gasteiger partial charge in [0.2, 0.25) is 11.7 Å². The van der Waals surface area contributed by atoms with Crippen molar-refractivity contribution in [2.75, 3.05) is 47.0 Å². The number of ether oxygens (including phenoxy) is 2. The third-order valence-corrected chi connectivity index (χ3v) is 4.43. The smallest absolute Gasteiger partial charge is 0.291 e. The summed E-state index contributed by atoms with van der Waals surface area (Å²) < 4.78 is 10.0. The lowest BCUT2D eigenvalue weighted by Crippen LogP contribution is -2.37. The van der Waals surface area contributed by atoms with E-state index in [4.69, 9.17) is 9.47 Å². The molecule has 8 heteroatoms. The van der Waals surface area contributed by atoms with Gasteiger partial charge in [-0.3, -0.25) is 9.59 Å². The van der Waals surface area contributed by atoms with Crippen molar-refractivity contribution >= 4 is 11.8 Å². The van der Waals surface area contributed by atoms with Crippen LogP contribution in [0.25, 0.3) is 0 Å². The molecule has 2 atom stereocenters. The van der Waals surface area contributed by atoms with Gasteiger partial charge in [-0.05, 0) is 0 Å². The van der Waals surface area contributed by atoms with Crippen LogP contribution in [0.5, 0.6) is 5.75 Å². The molecule has 8 nitrogen and oxygen atoms in total. The molecule has 0 aliphatic carbocycles. The van der Waals surface area contributed by atoms with Gasteiger partial charge in [-0.15, -0.1) is 0 Å². The Balaban J connectivity index is 1.62. The quantitative estimate of drug-likeness (QED) is 0.738. The van der Waals surface area contributed by atoms with E-state index in [-0.39, 0.29) is 29.5 Å². The third-order valence-electron chi connectivity index (χ3n) is 4.43. The number of likely N-dealkylation sites (tertiary alicyclic amines) is 2. The summed E-state index contributed by atoms with van der Waals surface area (Å²) in [5.41, 5.74) is 0. The van der Waals surface area contributed by atoms with Gasteiger partial charge in [0.15, 0.2) is 5.75 Å². The molecule has 2 fully saturated rings. The highest BCUT2D eigenvalue weighted by molar-refractivity contribution is 5.92. The topological polar surface area (TPSA) is 84.9 Å². The van der Waals surface area contributed by atoms with Gasteiger partial charge >= 0.3 is 0 Å². The van der Waals surface area contributed by atoms with Crippen LogP contribution in [0, 0.1) is 11.8 Å². The fourth-order valence-electron chi connectivity index (χ4n) is 3.19. The largest absolute Gasteiger partial charge is 0.494 e. The standard InChI is InChI=1S/C15H20N4O4/c1-22-4-3-18-7-10-8-19(9-12(10)14(18)20)15(21)13-16-5-11(23-2)6-17-13/h5-6,10,12H,3-4,7-9H2,1-2H3/t10-,12+/m1/s1. The Morgan fingerprint density at radius 3 is 2.61 bits per heavy atom. The maximum Gasteiger partial charge on any atom is 0.291 e. The third kappa shape index (κ3) is 2.98. The molecule has 2 aliphatic rings. The zero-order valence-corrected chi connectivity index (χ0v) is 13.3. The molecule has 0 unspecified atom stereocenters. The van der Waals surface area contributed by atoms with E-state index in [0.717, 1.165) is 0 Å². The molecule has 3 rings (SSSR count). The number of amides is 2. The second-order valence-corrected chi connectivity index (χ2v) is 5.80. The summed E-state index contributed by atoms with van der Waals surface area (Å²) in [6, 6.07) is 0. The monoisotopic (exact) mass is 320 g/mol. The summed E-state index contributed by atoms with van der Waals surface area (Å²) in [6.07, 6.45) is 2.93. The van der Waals surface area contributed by atoms with Crippen molar-refractivity contribution in [1.29, 1.82) is 0 Å².